The third-order valence-electron chi connectivity index (χ3n) is 3.36. The Morgan fingerprint density at radius 1 is 1.38 bits per heavy atom. The SMILES string of the molecule is CC(C)(C)OC(=O)N1CCNC[C@H]1Cc1ccc(F)cc1. The fraction of sp³-hybridized carbons (Fsp3) is 0.562. The molecular formula is C16H23FN2O2. The van der Waals surface area contributed by atoms with E-state index < -0.39 is 5.60 Å². The molecule has 4 nitrogen and oxygen atoms in total. The highest BCUT2D eigenvalue weighted by Gasteiger charge is 2.30. The number of hydrogen-bond acceptors (Lipinski definition) is 3. The standard InChI is InChI=1S/C16H23FN2O2/c1-16(2,3)21-15(20)19-9-8-18-11-14(19)10-12-4-6-13(17)7-5-12/h4-7,14,18H,8-11H2,1-3H3/t14-/m1/s1. The van der Waals surface area contributed by atoms with Gasteiger partial charge in [-0.05, 0) is 44.9 Å². The highest BCUT2D eigenvalue weighted by Crippen LogP contribution is 2.16. The van der Waals surface area contributed by atoms with E-state index in [1.807, 2.05) is 20.8 Å². The number of amides is 1. The molecule has 1 saturated heterocycles. The van der Waals surface area contributed by atoms with Crippen molar-refractivity contribution in [1.29, 1.82) is 0 Å². The summed E-state index contributed by atoms with van der Waals surface area (Å²) >= 11 is 0. The molecule has 1 aliphatic heterocycles. The van der Waals surface area contributed by atoms with Crippen LogP contribution in [0.3, 0.4) is 0 Å². The first kappa shape index (κ1) is 15.8. The summed E-state index contributed by atoms with van der Waals surface area (Å²) in [7, 11) is 0. The van der Waals surface area contributed by atoms with Crippen LogP contribution in [0.2, 0.25) is 0 Å². The zero-order valence-corrected chi connectivity index (χ0v) is 12.9. The summed E-state index contributed by atoms with van der Waals surface area (Å²) < 4.78 is 18.4. The van der Waals surface area contributed by atoms with Crippen LogP contribution in [0.4, 0.5) is 9.18 Å². The normalized spacial score (nSPS) is 19.4. The minimum Gasteiger partial charge on any atom is -0.444 e. The second-order valence-corrected chi connectivity index (χ2v) is 6.36. The number of halogens is 1. The van der Waals surface area contributed by atoms with Crippen LogP contribution in [0.15, 0.2) is 24.3 Å². The molecule has 1 heterocycles. The van der Waals surface area contributed by atoms with Crippen molar-refractivity contribution in [2.75, 3.05) is 19.6 Å². The van der Waals surface area contributed by atoms with E-state index in [0.717, 1.165) is 18.7 Å². The highest BCUT2D eigenvalue weighted by atomic mass is 19.1. The van der Waals surface area contributed by atoms with Crippen LogP contribution in [0.5, 0.6) is 0 Å². The van der Waals surface area contributed by atoms with Gasteiger partial charge in [-0.15, -0.1) is 0 Å². The lowest BCUT2D eigenvalue weighted by Gasteiger charge is -2.37. The van der Waals surface area contributed by atoms with Gasteiger partial charge in [-0.1, -0.05) is 12.1 Å². The molecule has 1 aromatic rings. The Labute approximate surface area is 125 Å². The van der Waals surface area contributed by atoms with Crippen molar-refractivity contribution in [1.82, 2.24) is 10.2 Å². The number of benzene rings is 1. The van der Waals surface area contributed by atoms with Gasteiger partial charge >= 0.3 is 6.09 Å². The fourth-order valence-electron chi connectivity index (χ4n) is 2.40. The zero-order valence-electron chi connectivity index (χ0n) is 12.9. The number of ether oxygens (including phenoxy) is 1. The number of carbonyl (C=O) groups excluding carboxylic acids is 1. The maximum atomic E-state index is 13.0. The van der Waals surface area contributed by atoms with E-state index in [-0.39, 0.29) is 18.0 Å². The van der Waals surface area contributed by atoms with Gasteiger partial charge in [-0.3, -0.25) is 0 Å². The first-order valence-corrected chi connectivity index (χ1v) is 7.30. The van der Waals surface area contributed by atoms with Crippen LogP contribution in [0, 0.1) is 5.82 Å². The molecule has 1 amide bonds. The summed E-state index contributed by atoms with van der Waals surface area (Å²) in [5, 5.41) is 3.29. The van der Waals surface area contributed by atoms with Crippen LogP contribution < -0.4 is 5.32 Å². The first-order chi connectivity index (χ1) is 9.85. The molecule has 1 aliphatic rings. The van der Waals surface area contributed by atoms with Crippen molar-refractivity contribution in [2.45, 2.75) is 38.8 Å². The predicted octanol–water partition coefficient (Wildman–Crippen LogP) is 2.58. The largest absolute Gasteiger partial charge is 0.444 e. The van der Waals surface area contributed by atoms with Gasteiger partial charge in [-0.25, -0.2) is 9.18 Å². The predicted molar refractivity (Wildman–Crippen MR) is 79.7 cm³/mol. The molecule has 0 spiro atoms. The smallest absolute Gasteiger partial charge is 0.410 e. The van der Waals surface area contributed by atoms with Gasteiger partial charge in [0.05, 0.1) is 6.04 Å². The van der Waals surface area contributed by atoms with Gasteiger partial charge in [0, 0.05) is 19.6 Å². The Hall–Kier alpha value is -1.62. The molecule has 5 heteroatoms. The molecule has 21 heavy (non-hydrogen) atoms. The second-order valence-electron chi connectivity index (χ2n) is 6.36. The van der Waals surface area contributed by atoms with E-state index in [9.17, 15) is 9.18 Å². The van der Waals surface area contributed by atoms with Crippen LogP contribution in [-0.4, -0.2) is 42.3 Å². The summed E-state index contributed by atoms with van der Waals surface area (Å²) in [6.45, 7) is 7.70. The molecule has 116 valence electrons. The summed E-state index contributed by atoms with van der Waals surface area (Å²) in [5.74, 6) is -0.246. The van der Waals surface area contributed by atoms with Gasteiger partial charge in [0.1, 0.15) is 11.4 Å². The number of nitrogens with one attached hydrogen (secondary N) is 1. The molecule has 0 saturated carbocycles. The Bertz CT molecular complexity index is 482. The molecule has 1 fully saturated rings. The molecule has 0 aliphatic carbocycles. The van der Waals surface area contributed by atoms with E-state index in [0.29, 0.717) is 13.0 Å². The quantitative estimate of drug-likeness (QED) is 0.911. The lowest BCUT2D eigenvalue weighted by atomic mass is 10.0. The lowest BCUT2D eigenvalue weighted by molar-refractivity contribution is 0.0122. The molecule has 1 N–H and O–H groups in total. The minimum absolute atomic E-state index is 0.0269. The van der Waals surface area contributed by atoms with Crippen molar-refractivity contribution in [3.8, 4) is 0 Å². The van der Waals surface area contributed by atoms with Crippen molar-refractivity contribution in [3.63, 3.8) is 0 Å². The van der Waals surface area contributed by atoms with Crippen molar-refractivity contribution in [2.24, 2.45) is 0 Å². The second kappa shape index (κ2) is 6.43. The lowest BCUT2D eigenvalue weighted by Crippen LogP contribution is -2.55. The molecule has 2 rings (SSSR count). The van der Waals surface area contributed by atoms with Crippen LogP contribution >= 0.6 is 0 Å². The Morgan fingerprint density at radius 3 is 2.67 bits per heavy atom. The number of nitrogens with zero attached hydrogens (tertiary/aromatic N) is 1. The van der Waals surface area contributed by atoms with Gasteiger partial charge in [-0.2, -0.15) is 0 Å². The minimum atomic E-state index is -0.498. The number of hydrogen-bond donors (Lipinski definition) is 1. The topological polar surface area (TPSA) is 41.6 Å². The maximum Gasteiger partial charge on any atom is 0.410 e. The van der Waals surface area contributed by atoms with Gasteiger partial charge in [0.15, 0.2) is 0 Å². The molecule has 0 radical (unpaired) electrons. The van der Waals surface area contributed by atoms with E-state index in [2.05, 4.69) is 5.32 Å². The summed E-state index contributed by atoms with van der Waals surface area (Å²) in [6, 6.07) is 6.44. The van der Waals surface area contributed by atoms with E-state index >= 15 is 0 Å². The van der Waals surface area contributed by atoms with Gasteiger partial charge < -0.3 is 15.0 Å². The number of rotatable bonds is 2. The van der Waals surface area contributed by atoms with Crippen molar-refractivity contribution >= 4 is 6.09 Å². The maximum absolute atomic E-state index is 13.0. The van der Waals surface area contributed by atoms with E-state index in [1.54, 1.807) is 17.0 Å². The molecule has 0 aromatic heterocycles. The van der Waals surface area contributed by atoms with Crippen LogP contribution in [-0.2, 0) is 11.2 Å². The highest BCUT2D eigenvalue weighted by molar-refractivity contribution is 5.68. The average Bonchev–Trinajstić information content (AvgIpc) is 2.40. The molecule has 0 unspecified atom stereocenters. The number of carbonyl (C=O) groups is 1. The summed E-state index contributed by atoms with van der Waals surface area (Å²) in [6.07, 6.45) is 0.406. The van der Waals surface area contributed by atoms with Crippen molar-refractivity contribution < 1.29 is 13.9 Å². The fourth-order valence-corrected chi connectivity index (χ4v) is 2.40. The van der Waals surface area contributed by atoms with Gasteiger partial charge in [0.25, 0.3) is 0 Å². The monoisotopic (exact) mass is 294 g/mol. The summed E-state index contributed by atoms with van der Waals surface area (Å²) in [4.78, 5) is 14.1. The Morgan fingerprint density at radius 2 is 2.05 bits per heavy atom. The third kappa shape index (κ3) is 4.70. The zero-order chi connectivity index (χ0) is 15.5. The van der Waals surface area contributed by atoms with Crippen molar-refractivity contribution in [3.05, 3.63) is 35.6 Å². The molecule has 0 bridgehead atoms. The Kier molecular flexibility index (Phi) is 4.83. The van der Waals surface area contributed by atoms with E-state index in [4.69, 9.17) is 4.74 Å². The van der Waals surface area contributed by atoms with Gasteiger partial charge in [0.2, 0.25) is 0 Å². The Balaban J connectivity index is 2.04. The van der Waals surface area contributed by atoms with Crippen LogP contribution in [0.25, 0.3) is 0 Å². The summed E-state index contributed by atoms with van der Waals surface area (Å²) in [5.41, 5.74) is 0.515. The molecule has 1 atom stereocenters. The average molecular weight is 294 g/mol. The molecular weight excluding hydrogens is 271 g/mol. The van der Waals surface area contributed by atoms with Crippen LogP contribution in [0.1, 0.15) is 26.3 Å². The first-order valence-electron chi connectivity index (χ1n) is 7.30. The third-order valence-corrected chi connectivity index (χ3v) is 3.36. The number of piperazine rings is 1. The molecule has 1 aromatic carbocycles. The van der Waals surface area contributed by atoms with E-state index in [1.165, 1.54) is 12.1 Å².